The first-order valence-corrected chi connectivity index (χ1v) is 10.2. The Kier molecular flexibility index (Phi) is 7.03. The lowest BCUT2D eigenvalue weighted by molar-refractivity contribution is 0.0933. The summed E-state index contributed by atoms with van der Waals surface area (Å²) in [6, 6.07) is 9.77. The smallest absolute Gasteiger partial charge is 0.261 e. The van der Waals surface area contributed by atoms with Gasteiger partial charge in [-0.1, -0.05) is 12.1 Å². The molecule has 0 heterocycles. The van der Waals surface area contributed by atoms with Crippen LogP contribution in [0.4, 0.5) is 10.1 Å². The highest BCUT2D eigenvalue weighted by Gasteiger charge is 2.31. The molecular formula is C19H23ClFN3O3S. The Morgan fingerprint density at radius 1 is 1.25 bits per heavy atom. The minimum atomic E-state index is -3.97. The third-order valence-electron chi connectivity index (χ3n) is 4.59. The number of hydrogen-bond acceptors (Lipinski definition) is 4. The molecule has 1 atom stereocenters. The number of sulfonamides is 1. The van der Waals surface area contributed by atoms with E-state index in [2.05, 4.69) is 10.0 Å². The van der Waals surface area contributed by atoms with E-state index in [1.807, 2.05) is 0 Å². The summed E-state index contributed by atoms with van der Waals surface area (Å²) >= 11 is 0. The zero-order valence-electron chi connectivity index (χ0n) is 15.3. The van der Waals surface area contributed by atoms with Gasteiger partial charge in [0, 0.05) is 23.8 Å². The fourth-order valence-electron chi connectivity index (χ4n) is 2.80. The van der Waals surface area contributed by atoms with E-state index in [1.54, 1.807) is 19.1 Å². The maximum Gasteiger partial charge on any atom is 0.261 e. The summed E-state index contributed by atoms with van der Waals surface area (Å²) in [6.45, 7) is 1.92. The summed E-state index contributed by atoms with van der Waals surface area (Å²) in [6.07, 6.45) is 2.10. The van der Waals surface area contributed by atoms with E-state index >= 15 is 0 Å². The quantitative estimate of drug-likeness (QED) is 0.632. The number of amides is 1. The van der Waals surface area contributed by atoms with E-state index in [1.165, 1.54) is 24.3 Å². The second-order valence-electron chi connectivity index (χ2n) is 6.75. The van der Waals surface area contributed by atoms with Gasteiger partial charge >= 0.3 is 0 Å². The van der Waals surface area contributed by atoms with Crippen LogP contribution in [0.25, 0.3) is 0 Å². The second kappa shape index (κ2) is 8.89. The minimum absolute atomic E-state index is 0. The number of hydrogen-bond donors (Lipinski definition) is 3. The fourth-order valence-corrected chi connectivity index (χ4v) is 3.86. The van der Waals surface area contributed by atoms with Crippen molar-refractivity contribution in [2.24, 2.45) is 11.7 Å². The van der Waals surface area contributed by atoms with Crippen LogP contribution in [0.15, 0.2) is 47.4 Å². The molecule has 1 saturated carbocycles. The summed E-state index contributed by atoms with van der Waals surface area (Å²) in [7, 11) is -3.97. The van der Waals surface area contributed by atoms with Crippen molar-refractivity contribution in [3.63, 3.8) is 0 Å². The van der Waals surface area contributed by atoms with Gasteiger partial charge in [-0.2, -0.15) is 0 Å². The Labute approximate surface area is 170 Å². The Bertz CT molecular complexity index is 965. The van der Waals surface area contributed by atoms with Crippen LogP contribution >= 0.6 is 12.4 Å². The molecule has 9 heteroatoms. The summed E-state index contributed by atoms with van der Waals surface area (Å²) in [4.78, 5) is 12.2. The highest BCUT2D eigenvalue weighted by atomic mass is 35.5. The van der Waals surface area contributed by atoms with Gasteiger partial charge in [0.2, 0.25) is 0 Å². The predicted molar refractivity (Wildman–Crippen MR) is 109 cm³/mol. The number of anilines is 1. The molecular weight excluding hydrogens is 405 g/mol. The van der Waals surface area contributed by atoms with Crippen molar-refractivity contribution >= 4 is 34.0 Å². The van der Waals surface area contributed by atoms with Crippen molar-refractivity contribution in [2.75, 3.05) is 11.3 Å². The zero-order chi connectivity index (χ0) is 19.6. The second-order valence-corrected chi connectivity index (χ2v) is 8.43. The van der Waals surface area contributed by atoms with Crippen molar-refractivity contribution in [1.29, 1.82) is 0 Å². The first-order valence-electron chi connectivity index (χ1n) is 8.70. The number of carbonyl (C=O) groups excluding carboxylic acids is 1. The number of aryl methyl sites for hydroxylation is 1. The highest BCUT2D eigenvalue weighted by Crippen LogP contribution is 2.32. The maximum atomic E-state index is 13.7. The van der Waals surface area contributed by atoms with Gasteiger partial charge in [0.05, 0.1) is 4.90 Å². The molecule has 0 bridgehead atoms. The fraction of sp³-hybridized carbons (Fsp3) is 0.316. The largest absolute Gasteiger partial charge is 0.348 e. The van der Waals surface area contributed by atoms with Gasteiger partial charge in [0.25, 0.3) is 15.9 Å². The number of nitrogens with one attached hydrogen (secondary N) is 2. The first kappa shape index (κ1) is 22.1. The number of nitrogens with two attached hydrogens (primary N) is 1. The maximum absolute atomic E-state index is 13.7. The Morgan fingerprint density at radius 2 is 1.96 bits per heavy atom. The molecule has 0 saturated heterocycles. The SMILES string of the molecule is Cc1ccc(S(=O)(=O)Nc2cccc(C(=O)NC(CN)C3CC3)c2)cc1F.Cl. The number of halogens is 2. The van der Waals surface area contributed by atoms with Gasteiger partial charge < -0.3 is 11.1 Å². The summed E-state index contributed by atoms with van der Waals surface area (Å²) in [5.74, 6) is -0.490. The molecule has 0 radical (unpaired) electrons. The van der Waals surface area contributed by atoms with E-state index in [4.69, 9.17) is 5.73 Å². The average molecular weight is 428 g/mol. The zero-order valence-corrected chi connectivity index (χ0v) is 16.9. The molecule has 152 valence electrons. The van der Waals surface area contributed by atoms with Gasteiger partial charge in [-0.05, 0) is 61.6 Å². The average Bonchev–Trinajstić information content (AvgIpc) is 3.46. The lowest BCUT2D eigenvalue weighted by Gasteiger charge is -2.16. The van der Waals surface area contributed by atoms with Gasteiger partial charge in [-0.3, -0.25) is 9.52 Å². The topological polar surface area (TPSA) is 101 Å². The van der Waals surface area contributed by atoms with Crippen LogP contribution in [0.3, 0.4) is 0 Å². The summed E-state index contributed by atoms with van der Waals surface area (Å²) < 4.78 is 41.0. The third kappa shape index (κ3) is 5.21. The molecule has 4 N–H and O–H groups in total. The third-order valence-corrected chi connectivity index (χ3v) is 5.97. The summed E-state index contributed by atoms with van der Waals surface area (Å²) in [5, 5.41) is 2.89. The minimum Gasteiger partial charge on any atom is -0.348 e. The summed E-state index contributed by atoms with van der Waals surface area (Å²) in [5.41, 5.74) is 6.61. The molecule has 1 aliphatic carbocycles. The number of carbonyl (C=O) groups is 1. The standard InChI is InChI=1S/C19H22FN3O3S.ClH/c1-12-5-8-16(10-17(12)20)27(25,26)23-15-4-2-3-14(9-15)19(24)22-18(11-21)13-6-7-13;/h2-5,8-10,13,18,23H,6-7,11,21H2,1H3,(H,22,24);1H. The first-order chi connectivity index (χ1) is 12.8. The highest BCUT2D eigenvalue weighted by molar-refractivity contribution is 7.92. The Morgan fingerprint density at radius 3 is 2.57 bits per heavy atom. The molecule has 6 nitrogen and oxygen atoms in total. The molecule has 1 aliphatic rings. The van der Waals surface area contributed by atoms with E-state index in [0.717, 1.165) is 18.9 Å². The molecule has 1 amide bonds. The Hall–Kier alpha value is -2.16. The molecule has 0 spiro atoms. The lowest BCUT2D eigenvalue weighted by Crippen LogP contribution is -2.41. The van der Waals surface area contributed by atoms with E-state index in [0.29, 0.717) is 23.6 Å². The van der Waals surface area contributed by atoms with Crippen LogP contribution in [0.1, 0.15) is 28.8 Å². The molecule has 0 aliphatic heterocycles. The van der Waals surface area contributed by atoms with Gasteiger partial charge in [-0.15, -0.1) is 12.4 Å². The predicted octanol–water partition coefficient (Wildman–Crippen LogP) is 2.82. The number of rotatable bonds is 7. The van der Waals surface area contributed by atoms with Crippen LogP contribution in [0, 0.1) is 18.7 Å². The lowest BCUT2D eigenvalue weighted by atomic mass is 10.1. The molecule has 2 aromatic rings. The van der Waals surface area contributed by atoms with Crippen LogP contribution in [0.2, 0.25) is 0 Å². The van der Waals surface area contributed by atoms with Gasteiger partial charge in [0.15, 0.2) is 0 Å². The monoisotopic (exact) mass is 427 g/mol. The Balaban J connectivity index is 0.00000280. The van der Waals surface area contributed by atoms with Crippen molar-refractivity contribution in [3.8, 4) is 0 Å². The van der Waals surface area contributed by atoms with Crippen molar-refractivity contribution in [3.05, 3.63) is 59.4 Å². The molecule has 1 unspecified atom stereocenters. The van der Waals surface area contributed by atoms with Crippen LogP contribution in [-0.2, 0) is 10.0 Å². The van der Waals surface area contributed by atoms with Gasteiger partial charge in [0.1, 0.15) is 5.82 Å². The van der Waals surface area contributed by atoms with Crippen LogP contribution in [-0.4, -0.2) is 26.9 Å². The van der Waals surface area contributed by atoms with Crippen LogP contribution in [0.5, 0.6) is 0 Å². The molecule has 28 heavy (non-hydrogen) atoms. The van der Waals surface area contributed by atoms with Gasteiger partial charge in [-0.25, -0.2) is 12.8 Å². The van der Waals surface area contributed by atoms with Crippen molar-refractivity contribution < 1.29 is 17.6 Å². The van der Waals surface area contributed by atoms with E-state index in [-0.39, 0.29) is 34.9 Å². The molecule has 3 rings (SSSR count). The van der Waals surface area contributed by atoms with Crippen LogP contribution < -0.4 is 15.8 Å². The van der Waals surface area contributed by atoms with Crippen molar-refractivity contribution in [2.45, 2.75) is 30.7 Å². The van der Waals surface area contributed by atoms with E-state index < -0.39 is 15.8 Å². The number of benzene rings is 2. The van der Waals surface area contributed by atoms with E-state index in [9.17, 15) is 17.6 Å². The molecule has 1 fully saturated rings. The molecule has 0 aromatic heterocycles. The van der Waals surface area contributed by atoms with Crippen molar-refractivity contribution in [1.82, 2.24) is 5.32 Å². The molecule has 2 aromatic carbocycles. The normalized spacial score (nSPS) is 14.7.